The maximum absolute atomic E-state index is 12.0. The van der Waals surface area contributed by atoms with Crippen LogP contribution >= 0.6 is 0 Å². The molecule has 1 heterocycles. The van der Waals surface area contributed by atoms with Crippen LogP contribution in [0.1, 0.15) is 37.8 Å². The molecule has 0 radical (unpaired) electrons. The summed E-state index contributed by atoms with van der Waals surface area (Å²) >= 11 is 0. The third kappa shape index (κ3) is 3.84. The lowest BCUT2D eigenvalue weighted by molar-refractivity contribution is -0.122. The lowest BCUT2D eigenvalue weighted by Crippen LogP contribution is -2.30. The van der Waals surface area contributed by atoms with Gasteiger partial charge >= 0.3 is 0 Å². The van der Waals surface area contributed by atoms with E-state index in [0.717, 1.165) is 0 Å². The van der Waals surface area contributed by atoms with E-state index in [2.05, 4.69) is 42.4 Å². The molecule has 5 heteroatoms. The highest BCUT2D eigenvalue weighted by molar-refractivity contribution is 5.93. The fourth-order valence-electron chi connectivity index (χ4n) is 2.19. The summed E-state index contributed by atoms with van der Waals surface area (Å²) in [6.07, 6.45) is 2.59. The third-order valence-electron chi connectivity index (χ3n) is 3.31. The average molecular weight is 287 g/mol. The zero-order valence-corrected chi connectivity index (χ0v) is 12.8. The van der Waals surface area contributed by atoms with Gasteiger partial charge in [-0.05, 0) is 43.0 Å². The van der Waals surface area contributed by atoms with Gasteiger partial charge in [-0.25, -0.2) is 0 Å². The normalized spacial score (nSPS) is 12.2. The van der Waals surface area contributed by atoms with Crippen LogP contribution in [0.2, 0.25) is 0 Å². The highest BCUT2D eigenvalue weighted by Gasteiger charge is 2.16. The number of amides is 1. The average Bonchev–Trinajstić information content (AvgIpc) is 2.91. The van der Waals surface area contributed by atoms with Gasteiger partial charge in [-0.15, -0.1) is 0 Å². The van der Waals surface area contributed by atoms with Crippen molar-refractivity contribution in [2.75, 3.05) is 5.32 Å². The number of H-pyrrole nitrogens is 1. The number of aromatic amines is 1. The van der Waals surface area contributed by atoms with Gasteiger partial charge in [0.2, 0.25) is 0 Å². The lowest BCUT2D eigenvalue weighted by atomic mass is 9.98. The molecule has 2 N–H and O–H groups in total. The Labute approximate surface area is 124 Å². The molecule has 0 aliphatic heterocycles. The molecule has 112 valence electrons. The molecule has 0 aliphatic carbocycles. The van der Waals surface area contributed by atoms with Crippen LogP contribution in [0.4, 0.5) is 5.69 Å². The Balaban J connectivity index is 2.00. The van der Waals surface area contributed by atoms with E-state index in [0.29, 0.717) is 17.4 Å². The molecular weight excluding hydrogens is 266 g/mol. The molecule has 1 amide bonds. The zero-order valence-electron chi connectivity index (χ0n) is 12.8. The smallest absolute Gasteiger partial charge is 0.265 e. The topological polar surface area (TPSA) is 67.0 Å². The molecular formula is C16H21N3O2. The summed E-state index contributed by atoms with van der Waals surface area (Å²) in [7, 11) is 0. The molecule has 1 aromatic heterocycles. The molecule has 0 spiro atoms. The summed E-state index contributed by atoms with van der Waals surface area (Å²) in [6, 6.07) is 5.93. The Morgan fingerprint density at radius 1 is 1.33 bits per heavy atom. The number of aryl methyl sites for hydroxylation is 1. The Kier molecular flexibility index (Phi) is 4.62. The van der Waals surface area contributed by atoms with Crippen molar-refractivity contribution >= 4 is 11.6 Å². The number of rotatable bonds is 5. The maximum atomic E-state index is 12.0. The number of anilines is 1. The Hall–Kier alpha value is -2.30. The van der Waals surface area contributed by atoms with Crippen molar-refractivity contribution < 1.29 is 9.53 Å². The van der Waals surface area contributed by atoms with Gasteiger partial charge in [-0.1, -0.05) is 19.9 Å². The van der Waals surface area contributed by atoms with Crippen molar-refractivity contribution in [1.29, 1.82) is 0 Å². The molecule has 5 nitrogen and oxygen atoms in total. The molecule has 1 aromatic carbocycles. The van der Waals surface area contributed by atoms with E-state index in [1.165, 1.54) is 11.1 Å². The number of aromatic nitrogens is 2. The van der Waals surface area contributed by atoms with Crippen LogP contribution in [-0.2, 0) is 4.79 Å². The molecule has 0 fully saturated rings. The van der Waals surface area contributed by atoms with Gasteiger partial charge in [0.1, 0.15) is 5.75 Å². The lowest BCUT2D eigenvalue weighted by Gasteiger charge is -2.16. The van der Waals surface area contributed by atoms with Crippen molar-refractivity contribution in [3.8, 4) is 5.75 Å². The number of ether oxygens (including phenoxy) is 1. The quantitative estimate of drug-likeness (QED) is 0.887. The van der Waals surface area contributed by atoms with E-state index in [-0.39, 0.29) is 5.91 Å². The van der Waals surface area contributed by atoms with Crippen LogP contribution in [-0.4, -0.2) is 22.2 Å². The number of benzene rings is 1. The van der Waals surface area contributed by atoms with Crippen molar-refractivity contribution in [2.45, 2.75) is 39.7 Å². The van der Waals surface area contributed by atoms with E-state index in [1.54, 1.807) is 19.3 Å². The molecule has 1 atom stereocenters. The van der Waals surface area contributed by atoms with Crippen LogP contribution in [0, 0.1) is 6.92 Å². The van der Waals surface area contributed by atoms with Gasteiger partial charge < -0.3 is 10.1 Å². The number of hydrogen-bond donors (Lipinski definition) is 2. The molecule has 0 saturated carbocycles. The van der Waals surface area contributed by atoms with Gasteiger partial charge in [0.15, 0.2) is 6.10 Å². The maximum Gasteiger partial charge on any atom is 0.265 e. The van der Waals surface area contributed by atoms with Crippen molar-refractivity contribution in [3.05, 3.63) is 41.7 Å². The minimum absolute atomic E-state index is 0.206. The van der Waals surface area contributed by atoms with Crippen molar-refractivity contribution in [3.63, 3.8) is 0 Å². The molecule has 2 rings (SSSR count). The number of carbonyl (C=O) groups is 1. The first kappa shape index (κ1) is 15.1. The zero-order chi connectivity index (χ0) is 15.4. The van der Waals surface area contributed by atoms with E-state index in [9.17, 15) is 4.79 Å². The second kappa shape index (κ2) is 6.43. The number of nitrogens with one attached hydrogen (secondary N) is 2. The second-order valence-corrected chi connectivity index (χ2v) is 5.41. The summed E-state index contributed by atoms with van der Waals surface area (Å²) in [5.74, 6) is 0.967. The van der Waals surface area contributed by atoms with E-state index in [4.69, 9.17) is 4.74 Å². The van der Waals surface area contributed by atoms with Crippen molar-refractivity contribution in [2.24, 2.45) is 0 Å². The van der Waals surface area contributed by atoms with E-state index in [1.807, 2.05) is 12.1 Å². The highest BCUT2D eigenvalue weighted by atomic mass is 16.5. The summed E-state index contributed by atoms with van der Waals surface area (Å²) < 4.78 is 5.70. The largest absolute Gasteiger partial charge is 0.481 e. The van der Waals surface area contributed by atoms with Gasteiger partial charge in [-0.2, -0.15) is 5.10 Å². The number of nitrogens with zero attached hydrogens (tertiary/aromatic N) is 1. The molecule has 2 aromatic rings. The van der Waals surface area contributed by atoms with Crippen molar-refractivity contribution in [1.82, 2.24) is 10.2 Å². The molecule has 1 unspecified atom stereocenters. The molecule has 0 bridgehead atoms. The first-order chi connectivity index (χ1) is 9.97. The fraction of sp³-hybridized carbons (Fsp3) is 0.375. The predicted octanol–water partition coefficient (Wildman–Crippen LogP) is 3.25. The minimum Gasteiger partial charge on any atom is -0.481 e. The first-order valence-electron chi connectivity index (χ1n) is 7.04. The molecule has 0 aliphatic rings. The standard InChI is InChI=1S/C16H21N3O2/c1-10(2)15-6-5-14(7-11(15)3)21-12(4)16(20)19-13-8-17-18-9-13/h5-10,12H,1-4H3,(H,17,18)(H,19,20). The predicted molar refractivity (Wildman–Crippen MR) is 82.6 cm³/mol. The van der Waals surface area contributed by atoms with Gasteiger partial charge in [0.25, 0.3) is 5.91 Å². The summed E-state index contributed by atoms with van der Waals surface area (Å²) in [5.41, 5.74) is 3.09. The SMILES string of the molecule is Cc1cc(OC(C)C(=O)Nc2cn[nH]c2)ccc1C(C)C. The van der Waals surface area contributed by atoms with Crippen LogP contribution in [0.15, 0.2) is 30.6 Å². The van der Waals surface area contributed by atoms with Crippen LogP contribution in [0.3, 0.4) is 0 Å². The summed E-state index contributed by atoms with van der Waals surface area (Å²) in [6.45, 7) is 8.09. The molecule has 21 heavy (non-hydrogen) atoms. The first-order valence-corrected chi connectivity index (χ1v) is 7.04. The van der Waals surface area contributed by atoms with E-state index < -0.39 is 6.10 Å². The third-order valence-corrected chi connectivity index (χ3v) is 3.31. The Bertz CT molecular complexity index is 606. The van der Waals surface area contributed by atoms with Gasteiger partial charge in [0, 0.05) is 6.20 Å². The summed E-state index contributed by atoms with van der Waals surface area (Å²) in [4.78, 5) is 12.0. The van der Waals surface area contributed by atoms with Gasteiger partial charge in [-0.3, -0.25) is 9.89 Å². The monoisotopic (exact) mass is 287 g/mol. The van der Waals surface area contributed by atoms with Crippen LogP contribution in [0.25, 0.3) is 0 Å². The minimum atomic E-state index is -0.579. The number of carbonyl (C=O) groups excluding carboxylic acids is 1. The summed E-state index contributed by atoms with van der Waals surface area (Å²) in [5, 5.41) is 9.15. The van der Waals surface area contributed by atoms with Crippen LogP contribution in [0.5, 0.6) is 5.75 Å². The second-order valence-electron chi connectivity index (χ2n) is 5.41. The van der Waals surface area contributed by atoms with Gasteiger partial charge in [0.05, 0.1) is 11.9 Å². The fourth-order valence-corrected chi connectivity index (χ4v) is 2.19. The van der Waals surface area contributed by atoms with Crippen LogP contribution < -0.4 is 10.1 Å². The Morgan fingerprint density at radius 2 is 2.10 bits per heavy atom. The molecule has 0 saturated heterocycles. The van der Waals surface area contributed by atoms with E-state index >= 15 is 0 Å². The Morgan fingerprint density at radius 3 is 2.67 bits per heavy atom. The highest BCUT2D eigenvalue weighted by Crippen LogP contribution is 2.24. The number of hydrogen-bond acceptors (Lipinski definition) is 3.